The highest BCUT2D eigenvalue weighted by atomic mass is 79.9. The van der Waals surface area contributed by atoms with E-state index in [2.05, 4.69) is 15.9 Å². The van der Waals surface area contributed by atoms with Crippen molar-refractivity contribution in [3.63, 3.8) is 0 Å². The smallest absolute Gasteiger partial charge is 0.246 e. The number of nitrogens with zero attached hydrogens (tertiary/aromatic N) is 1. The van der Waals surface area contributed by atoms with E-state index in [4.69, 9.17) is 10.5 Å². The lowest BCUT2D eigenvalue weighted by molar-refractivity contribution is -0.0441. The number of halogens is 2. The molecular weight excluding hydrogens is 351 g/mol. The fourth-order valence-corrected chi connectivity index (χ4v) is 4.56. The van der Waals surface area contributed by atoms with E-state index in [1.54, 1.807) is 13.8 Å². The summed E-state index contributed by atoms with van der Waals surface area (Å²) < 4.78 is 46.0. The molecule has 0 aliphatic carbocycles. The van der Waals surface area contributed by atoms with Crippen LogP contribution in [0.25, 0.3) is 0 Å². The van der Waals surface area contributed by atoms with Crippen LogP contribution in [0, 0.1) is 5.82 Å². The zero-order valence-electron chi connectivity index (χ0n) is 11.1. The standard InChI is InChI=1S/C12H16BrFN2O3S/c1-7-5-16(6-8(2)19-7)20(17,18)11-4-9(15)3-10(13)12(11)14/h3-4,7-8H,5-6,15H2,1-2H3. The maximum Gasteiger partial charge on any atom is 0.246 e. The topological polar surface area (TPSA) is 72.6 Å². The lowest BCUT2D eigenvalue weighted by atomic mass is 10.3. The van der Waals surface area contributed by atoms with Gasteiger partial charge in [0.15, 0.2) is 5.82 Å². The number of hydrogen-bond donors (Lipinski definition) is 1. The Bertz CT molecular complexity index is 613. The summed E-state index contributed by atoms with van der Waals surface area (Å²) in [6, 6.07) is 2.47. The molecule has 2 atom stereocenters. The fourth-order valence-electron chi connectivity index (χ4n) is 2.24. The Morgan fingerprint density at radius 1 is 1.35 bits per heavy atom. The summed E-state index contributed by atoms with van der Waals surface area (Å²) in [5.41, 5.74) is 5.79. The zero-order chi connectivity index (χ0) is 15.1. The number of ether oxygens (including phenoxy) is 1. The molecule has 0 bridgehead atoms. The minimum Gasteiger partial charge on any atom is -0.399 e. The summed E-state index contributed by atoms with van der Waals surface area (Å²) in [7, 11) is -3.94. The molecule has 8 heteroatoms. The summed E-state index contributed by atoms with van der Waals surface area (Å²) >= 11 is 2.97. The van der Waals surface area contributed by atoms with Crippen LogP contribution in [0.15, 0.2) is 21.5 Å². The average Bonchev–Trinajstić information content (AvgIpc) is 2.32. The van der Waals surface area contributed by atoms with E-state index in [0.717, 1.165) is 6.07 Å². The Hall–Kier alpha value is -0.700. The van der Waals surface area contributed by atoms with Crippen molar-refractivity contribution in [1.29, 1.82) is 0 Å². The van der Waals surface area contributed by atoms with Gasteiger partial charge >= 0.3 is 0 Å². The van der Waals surface area contributed by atoms with Gasteiger partial charge in [0.2, 0.25) is 10.0 Å². The van der Waals surface area contributed by atoms with Crippen molar-refractivity contribution in [1.82, 2.24) is 4.31 Å². The van der Waals surface area contributed by atoms with E-state index in [9.17, 15) is 12.8 Å². The predicted molar refractivity (Wildman–Crippen MR) is 77.3 cm³/mol. The van der Waals surface area contributed by atoms with Gasteiger partial charge in [0, 0.05) is 18.8 Å². The first-order chi connectivity index (χ1) is 9.21. The molecule has 5 nitrogen and oxygen atoms in total. The lowest BCUT2D eigenvalue weighted by Gasteiger charge is -2.34. The quantitative estimate of drug-likeness (QED) is 0.812. The minimum absolute atomic E-state index is 0.0328. The van der Waals surface area contributed by atoms with Gasteiger partial charge in [-0.25, -0.2) is 12.8 Å². The summed E-state index contributed by atoms with van der Waals surface area (Å²) in [4.78, 5) is -0.411. The van der Waals surface area contributed by atoms with E-state index in [0.29, 0.717) is 0 Å². The second-order valence-corrected chi connectivity index (χ2v) is 7.65. The first-order valence-electron chi connectivity index (χ1n) is 6.12. The van der Waals surface area contributed by atoms with Crippen LogP contribution >= 0.6 is 15.9 Å². The molecule has 0 saturated carbocycles. The number of hydrogen-bond acceptors (Lipinski definition) is 4. The maximum absolute atomic E-state index is 14.1. The number of nitrogens with two attached hydrogens (primary N) is 1. The van der Waals surface area contributed by atoms with Crippen molar-refractivity contribution < 1.29 is 17.5 Å². The summed E-state index contributed by atoms with van der Waals surface area (Å²) in [5.74, 6) is -0.828. The van der Waals surface area contributed by atoms with Crippen LogP contribution < -0.4 is 5.73 Å². The Labute approximate surface area is 126 Å². The van der Waals surface area contributed by atoms with Gasteiger partial charge in [0.05, 0.1) is 16.7 Å². The molecule has 2 unspecified atom stereocenters. The van der Waals surface area contributed by atoms with Crippen molar-refractivity contribution in [3.05, 3.63) is 22.4 Å². The molecule has 1 aromatic rings. The molecule has 0 amide bonds. The van der Waals surface area contributed by atoms with Crippen LogP contribution in [0.4, 0.5) is 10.1 Å². The molecule has 1 aliphatic heterocycles. The first-order valence-corrected chi connectivity index (χ1v) is 8.35. The number of nitrogen functional groups attached to an aromatic ring is 1. The molecule has 1 aliphatic rings. The van der Waals surface area contributed by atoms with Gasteiger partial charge in [0.25, 0.3) is 0 Å². The Morgan fingerprint density at radius 2 is 1.90 bits per heavy atom. The van der Waals surface area contributed by atoms with Gasteiger partial charge in [-0.2, -0.15) is 4.31 Å². The van der Waals surface area contributed by atoms with Crippen molar-refractivity contribution in [2.75, 3.05) is 18.8 Å². The van der Waals surface area contributed by atoms with Crippen LogP contribution in [0.1, 0.15) is 13.8 Å². The van der Waals surface area contributed by atoms with Gasteiger partial charge in [0.1, 0.15) is 4.90 Å². The molecule has 1 heterocycles. The third-order valence-corrected chi connectivity index (χ3v) is 5.43. The highest BCUT2D eigenvalue weighted by Crippen LogP contribution is 2.29. The van der Waals surface area contributed by atoms with Crippen LogP contribution in [-0.4, -0.2) is 38.0 Å². The molecule has 1 aromatic carbocycles. The number of rotatable bonds is 2. The van der Waals surface area contributed by atoms with Crippen molar-refractivity contribution in [2.24, 2.45) is 0 Å². The molecule has 2 rings (SSSR count). The molecule has 2 N–H and O–H groups in total. The molecule has 20 heavy (non-hydrogen) atoms. The number of benzene rings is 1. The van der Waals surface area contributed by atoms with E-state index in [-0.39, 0.29) is 35.5 Å². The third kappa shape index (κ3) is 2.98. The minimum atomic E-state index is -3.94. The maximum atomic E-state index is 14.1. The first kappa shape index (κ1) is 15.7. The van der Waals surface area contributed by atoms with Gasteiger partial charge in [-0.3, -0.25) is 0 Å². The van der Waals surface area contributed by atoms with Crippen LogP contribution in [0.3, 0.4) is 0 Å². The number of sulfonamides is 1. The summed E-state index contributed by atoms with van der Waals surface area (Å²) in [6.07, 6.45) is -0.470. The largest absolute Gasteiger partial charge is 0.399 e. The Balaban J connectivity index is 2.45. The van der Waals surface area contributed by atoms with Gasteiger partial charge in [-0.1, -0.05) is 0 Å². The highest BCUT2D eigenvalue weighted by molar-refractivity contribution is 9.10. The fraction of sp³-hybridized carbons (Fsp3) is 0.500. The van der Waals surface area contributed by atoms with E-state index in [1.807, 2.05) is 0 Å². The van der Waals surface area contributed by atoms with Gasteiger partial charge in [-0.15, -0.1) is 0 Å². The van der Waals surface area contributed by atoms with E-state index in [1.165, 1.54) is 10.4 Å². The molecule has 1 saturated heterocycles. The summed E-state index contributed by atoms with van der Waals surface area (Å²) in [6.45, 7) is 3.95. The van der Waals surface area contributed by atoms with Crippen LogP contribution in [0.2, 0.25) is 0 Å². The average molecular weight is 367 g/mol. The van der Waals surface area contributed by atoms with Crippen molar-refractivity contribution in [2.45, 2.75) is 31.0 Å². The van der Waals surface area contributed by atoms with Crippen molar-refractivity contribution in [3.8, 4) is 0 Å². The molecule has 1 fully saturated rings. The second kappa shape index (κ2) is 5.59. The van der Waals surface area contributed by atoms with E-state index >= 15 is 0 Å². The monoisotopic (exact) mass is 366 g/mol. The lowest BCUT2D eigenvalue weighted by Crippen LogP contribution is -2.48. The molecule has 0 aromatic heterocycles. The highest BCUT2D eigenvalue weighted by Gasteiger charge is 2.34. The normalized spacial score (nSPS) is 24.8. The number of morpholine rings is 1. The molecule has 112 valence electrons. The van der Waals surface area contributed by atoms with Crippen LogP contribution in [0.5, 0.6) is 0 Å². The predicted octanol–water partition coefficient (Wildman–Crippen LogP) is 1.97. The van der Waals surface area contributed by atoms with Gasteiger partial charge < -0.3 is 10.5 Å². The molecule has 0 radical (unpaired) electrons. The SMILES string of the molecule is CC1CN(S(=O)(=O)c2cc(N)cc(Br)c2F)CC(C)O1. The van der Waals surface area contributed by atoms with E-state index < -0.39 is 20.7 Å². The Morgan fingerprint density at radius 3 is 2.45 bits per heavy atom. The molecular formula is C12H16BrFN2O3S. The van der Waals surface area contributed by atoms with Gasteiger partial charge in [-0.05, 0) is 41.9 Å². The van der Waals surface area contributed by atoms with Crippen molar-refractivity contribution >= 4 is 31.6 Å². The Kier molecular flexibility index (Phi) is 4.38. The second-order valence-electron chi connectivity index (χ2n) is 4.89. The zero-order valence-corrected chi connectivity index (χ0v) is 13.5. The molecule has 0 spiro atoms. The summed E-state index contributed by atoms with van der Waals surface area (Å²) in [5, 5.41) is 0. The number of anilines is 1. The van der Waals surface area contributed by atoms with Crippen LogP contribution in [-0.2, 0) is 14.8 Å². The third-order valence-electron chi connectivity index (χ3n) is 3.02.